The SMILES string of the molecule is CCCn1c(Cc2cc(OC)c(OC)c(OC)c2)nc2c(N)nc(F)nc21. The monoisotopic (exact) mass is 375 g/mol. The van der Waals surface area contributed by atoms with Crippen LogP contribution in [0.3, 0.4) is 0 Å². The number of methoxy groups -OCH3 is 3. The summed E-state index contributed by atoms with van der Waals surface area (Å²) < 4.78 is 31.7. The first-order chi connectivity index (χ1) is 13.0. The lowest BCUT2D eigenvalue weighted by molar-refractivity contribution is 0.324. The van der Waals surface area contributed by atoms with Crippen molar-refractivity contribution in [3.63, 3.8) is 0 Å². The summed E-state index contributed by atoms with van der Waals surface area (Å²) >= 11 is 0. The van der Waals surface area contributed by atoms with Crippen LogP contribution in [-0.2, 0) is 13.0 Å². The van der Waals surface area contributed by atoms with E-state index in [1.807, 2.05) is 23.6 Å². The molecule has 0 aliphatic carbocycles. The van der Waals surface area contributed by atoms with E-state index in [1.165, 1.54) is 0 Å². The molecule has 0 aliphatic rings. The van der Waals surface area contributed by atoms with Crippen LogP contribution in [-0.4, -0.2) is 40.8 Å². The molecule has 0 amide bonds. The van der Waals surface area contributed by atoms with Gasteiger partial charge in [-0.15, -0.1) is 0 Å². The quantitative estimate of drug-likeness (QED) is 0.634. The van der Waals surface area contributed by atoms with Crippen molar-refractivity contribution in [2.45, 2.75) is 26.3 Å². The number of ether oxygens (including phenoxy) is 3. The first-order valence-electron chi connectivity index (χ1n) is 8.49. The van der Waals surface area contributed by atoms with E-state index >= 15 is 0 Å². The van der Waals surface area contributed by atoms with Crippen molar-refractivity contribution < 1.29 is 18.6 Å². The fraction of sp³-hybridized carbons (Fsp3) is 0.389. The third-order valence-corrected chi connectivity index (χ3v) is 4.21. The number of fused-ring (bicyclic) bond motifs is 1. The number of halogens is 1. The van der Waals surface area contributed by atoms with Crippen molar-refractivity contribution in [3.05, 3.63) is 29.6 Å². The molecule has 3 rings (SSSR count). The summed E-state index contributed by atoms with van der Waals surface area (Å²) in [6.45, 7) is 2.65. The number of hydrogen-bond donors (Lipinski definition) is 1. The van der Waals surface area contributed by atoms with Gasteiger partial charge in [-0.3, -0.25) is 0 Å². The Morgan fingerprint density at radius 3 is 2.26 bits per heavy atom. The highest BCUT2D eigenvalue weighted by Crippen LogP contribution is 2.38. The Hall–Kier alpha value is -3.10. The van der Waals surface area contributed by atoms with E-state index in [0.717, 1.165) is 12.0 Å². The van der Waals surface area contributed by atoms with Crippen LogP contribution in [0, 0.1) is 6.08 Å². The number of aromatic nitrogens is 4. The van der Waals surface area contributed by atoms with E-state index < -0.39 is 6.08 Å². The Kier molecular flexibility index (Phi) is 5.29. The Morgan fingerprint density at radius 1 is 1.04 bits per heavy atom. The van der Waals surface area contributed by atoms with Crippen LogP contribution in [0.25, 0.3) is 11.2 Å². The Labute approximate surface area is 156 Å². The summed E-state index contributed by atoms with van der Waals surface area (Å²) in [5.41, 5.74) is 7.52. The summed E-state index contributed by atoms with van der Waals surface area (Å²) in [5.74, 6) is 2.35. The third kappa shape index (κ3) is 3.44. The number of benzene rings is 1. The summed E-state index contributed by atoms with van der Waals surface area (Å²) in [6.07, 6.45) is 0.421. The number of nitrogen functional groups attached to an aromatic ring is 1. The van der Waals surface area contributed by atoms with Crippen LogP contribution in [0.15, 0.2) is 12.1 Å². The van der Waals surface area contributed by atoms with E-state index in [-0.39, 0.29) is 5.82 Å². The molecule has 0 saturated heterocycles. The van der Waals surface area contributed by atoms with Crippen molar-refractivity contribution in [2.75, 3.05) is 27.1 Å². The van der Waals surface area contributed by atoms with Crippen LogP contribution in [0.5, 0.6) is 17.2 Å². The molecule has 0 atom stereocenters. The van der Waals surface area contributed by atoms with Gasteiger partial charge in [0.25, 0.3) is 0 Å². The number of anilines is 1. The molecule has 2 aromatic heterocycles. The molecule has 0 saturated carbocycles. The van der Waals surface area contributed by atoms with Crippen LogP contribution in [0.2, 0.25) is 0 Å². The molecule has 0 radical (unpaired) electrons. The Balaban J connectivity index is 2.11. The van der Waals surface area contributed by atoms with Gasteiger partial charge in [0.1, 0.15) is 5.82 Å². The van der Waals surface area contributed by atoms with E-state index in [9.17, 15) is 4.39 Å². The van der Waals surface area contributed by atoms with Crippen molar-refractivity contribution in [2.24, 2.45) is 0 Å². The van der Waals surface area contributed by atoms with Gasteiger partial charge in [0.2, 0.25) is 5.75 Å². The molecule has 3 aromatic rings. The highest BCUT2D eigenvalue weighted by atomic mass is 19.1. The second-order valence-electron chi connectivity index (χ2n) is 5.94. The highest BCUT2D eigenvalue weighted by molar-refractivity contribution is 5.82. The van der Waals surface area contributed by atoms with Gasteiger partial charge in [0.15, 0.2) is 28.5 Å². The molecule has 0 fully saturated rings. The lowest BCUT2D eigenvalue weighted by Gasteiger charge is -2.14. The van der Waals surface area contributed by atoms with E-state index in [0.29, 0.717) is 47.2 Å². The lowest BCUT2D eigenvalue weighted by Crippen LogP contribution is -2.06. The topological polar surface area (TPSA) is 97.3 Å². The summed E-state index contributed by atoms with van der Waals surface area (Å²) in [5, 5.41) is 0. The van der Waals surface area contributed by atoms with Gasteiger partial charge in [-0.2, -0.15) is 14.4 Å². The molecule has 9 heteroatoms. The molecule has 0 bridgehead atoms. The molecule has 0 aliphatic heterocycles. The fourth-order valence-corrected chi connectivity index (χ4v) is 3.05. The molecular weight excluding hydrogens is 353 g/mol. The molecule has 2 heterocycles. The van der Waals surface area contributed by atoms with Gasteiger partial charge in [-0.1, -0.05) is 6.92 Å². The van der Waals surface area contributed by atoms with Gasteiger partial charge < -0.3 is 24.5 Å². The van der Waals surface area contributed by atoms with Crippen molar-refractivity contribution in [1.29, 1.82) is 0 Å². The van der Waals surface area contributed by atoms with E-state index in [1.54, 1.807) is 21.3 Å². The van der Waals surface area contributed by atoms with Gasteiger partial charge in [0.05, 0.1) is 21.3 Å². The zero-order valence-electron chi connectivity index (χ0n) is 15.7. The number of nitrogens with two attached hydrogens (primary N) is 1. The fourth-order valence-electron chi connectivity index (χ4n) is 3.05. The summed E-state index contributed by atoms with van der Waals surface area (Å²) in [6, 6.07) is 3.71. The maximum atomic E-state index is 13.6. The second-order valence-corrected chi connectivity index (χ2v) is 5.94. The molecule has 2 N–H and O–H groups in total. The predicted molar refractivity (Wildman–Crippen MR) is 98.9 cm³/mol. The average Bonchev–Trinajstić information content (AvgIpc) is 2.99. The largest absolute Gasteiger partial charge is 0.493 e. The van der Waals surface area contributed by atoms with Crippen molar-refractivity contribution in [1.82, 2.24) is 19.5 Å². The average molecular weight is 375 g/mol. The second kappa shape index (κ2) is 7.65. The van der Waals surface area contributed by atoms with Crippen molar-refractivity contribution in [3.8, 4) is 17.2 Å². The number of nitrogens with zero attached hydrogens (tertiary/aromatic N) is 4. The number of rotatable bonds is 7. The normalized spacial score (nSPS) is 11.0. The summed E-state index contributed by atoms with van der Waals surface area (Å²) in [4.78, 5) is 12.0. The van der Waals surface area contributed by atoms with Gasteiger partial charge >= 0.3 is 6.08 Å². The molecule has 0 spiro atoms. The molecule has 144 valence electrons. The molecule has 27 heavy (non-hydrogen) atoms. The maximum Gasteiger partial charge on any atom is 0.312 e. The number of hydrogen-bond acceptors (Lipinski definition) is 7. The number of imidazole rings is 1. The minimum atomic E-state index is -0.864. The maximum absolute atomic E-state index is 13.6. The third-order valence-electron chi connectivity index (χ3n) is 4.21. The minimum absolute atomic E-state index is 0.0264. The van der Waals surface area contributed by atoms with Crippen LogP contribution < -0.4 is 19.9 Å². The Bertz CT molecular complexity index is 948. The Morgan fingerprint density at radius 2 is 1.70 bits per heavy atom. The predicted octanol–water partition coefficient (Wildman–Crippen LogP) is 2.57. The van der Waals surface area contributed by atoms with Gasteiger partial charge in [-0.05, 0) is 24.1 Å². The standard InChI is InChI=1S/C18H22FN5O3/c1-5-6-24-13(21-14-16(20)22-18(19)23-17(14)24)9-10-7-11(25-2)15(27-4)12(8-10)26-3/h7-8H,5-6,9H2,1-4H3,(H2,20,22,23). The zero-order chi connectivity index (χ0) is 19.6. The summed E-state index contributed by atoms with van der Waals surface area (Å²) in [7, 11) is 4.68. The first-order valence-corrected chi connectivity index (χ1v) is 8.49. The highest BCUT2D eigenvalue weighted by Gasteiger charge is 2.19. The van der Waals surface area contributed by atoms with Crippen LogP contribution in [0.4, 0.5) is 10.2 Å². The molecular formula is C18H22FN5O3. The van der Waals surface area contributed by atoms with Gasteiger partial charge in [-0.25, -0.2) is 4.98 Å². The van der Waals surface area contributed by atoms with Crippen LogP contribution in [0.1, 0.15) is 24.7 Å². The minimum Gasteiger partial charge on any atom is -0.493 e. The lowest BCUT2D eigenvalue weighted by atomic mass is 10.1. The smallest absolute Gasteiger partial charge is 0.312 e. The molecule has 8 nitrogen and oxygen atoms in total. The van der Waals surface area contributed by atoms with Gasteiger partial charge in [0, 0.05) is 13.0 Å². The first kappa shape index (κ1) is 18.7. The molecule has 1 aromatic carbocycles. The van der Waals surface area contributed by atoms with E-state index in [4.69, 9.17) is 19.9 Å². The zero-order valence-corrected chi connectivity index (χ0v) is 15.7. The van der Waals surface area contributed by atoms with Crippen molar-refractivity contribution >= 4 is 17.0 Å². The molecule has 0 unspecified atom stereocenters. The van der Waals surface area contributed by atoms with E-state index in [2.05, 4.69) is 15.0 Å². The van der Waals surface area contributed by atoms with Crippen LogP contribution >= 0.6 is 0 Å². The number of aryl methyl sites for hydroxylation is 1.